The van der Waals surface area contributed by atoms with Gasteiger partial charge in [0.25, 0.3) is 0 Å². The van der Waals surface area contributed by atoms with Crippen LogP contribution in [0.1, 0.15) is 181 Å². The van der Waals surface area contributed by atoms with Crippen molar-refractivity contribution >= 4 is 11.9 Å². The van der Waals surface area contributed by atoms with E-state index in [9.17, 15) is 30.0 Å². The highest BCUT2D eigenvalue weighted by molar-refractivity contribution is 5.70. The highest BCUT2D eigenvalue weighted by Crippen LogP contribution is 2.22. The number of carbonyl (C=O) groups is 2. The number of unbranched alkanes of at least 4 members (excludes halogenated alkanes) is 20. The van der Waals surface area contributed by atoms with Crippen LogP contribution < -0.4 is 0 Å². The van der Waals surface area contributed by atoms with Crippen molar-refractivity contribution in [1.29, 1.82) is 0 Å². The summed E-state index contributed by atoms with van der Waals surface area (Å²) in [6, 6.07) is 0. The number of allylic oxidation sites excluding steroid dienone is 4. The summed E-state index contributed by atoms with van der Waals surface area (Å²) in [7, 11) is 0. The average molecular weight is 755 g/mol. The first-order chi connectivity index (χ1) is 25.8. The third kappa shape index (κ3) is 26.6. The summed E-state index contributed by atoms with van der Waals surface area (Å²) in [5.74, 6) is -0.820. The molecule has 0 aromatic heterocycles. The van der Waals surface area contributed by atoms with Crippen LogP contribution in [0.4, 0.5) is 0 Å². The average Bonchev–Trinajstić information content (AvgIpc) is 3.15. The Kier molecular flexibility index (Phi) is 32.2. The standard InChI is InChI=1S/C43H78O10/c1-3-5-7-9-11-13-15-17-18-20-21-23-25-27-29-31-38(45)50-34-36(35-51-43-42(49)41(48)40(47)37(33-44)53-43)52-39(46)32-30-28-26-24-22-19-16-14-12-10-8-6-4-2/h13-16,36-37,40-44,47-49H,3-12,17-35H2,1-2H3/b15-13+,16-14+/t36-,37-,40+,41?,42?,43-/m0/s1. The first kappa shape index (κ1) is 49.2. The second-order valence-electron chi connectivity index (χ2n) is 14.8. The van der Waals surface area contributed by atoms with Crippen LogP contribution in [0.5, 0.6) is 0 Å². The Morgan fingerprint density at radius 2 is 1.00 bits per heavy atom. The number of aliphatic hydroxyl groups is 4. The molecule has 0 radical (unpaired) electrons. The Bertz CT molecular complexity index is 923. The number of hydrogen-bond donors (Lipinski definition) is 4. The topological polar surface area (TPSA) is 152 Å². The van der Waals surface area contributed by atoms with Gasteiger partial charge in [0.2, 0.25) is 0 Å². The fraction of sp³-hybridized carbons (Fsp3) is 0.860. The molecule has 0 spiro atoms. The van der Waals surface area contributed by atoms with Gasteiger partial charge in [0, 0.05) is 12.8 Å². The molecule has 1 fully saturated rings. The maximum absolute atomic E-state index is 12.7. The van der Waals surface area contributed by atoms with Gasteiger partial charge in [-0.05, 0) is 64.2 Å². The number of carbonyl (C=O) groups excluding carboxylic acids is 2. The van der Waals surface area contributed by atoms with Gasteiger partial charge in [-0.3, -0.25) is 9.59 Å². The van der Waals surface area contributed by atoms with Gasteiger partial charge in [-0.15, -0.1) is 0 Å². The Morgan fingerprint density at radius 1 is 0.566 bits per heavy atom. The van der Waals surface area contributed by atoms with Crippen molar-refractivity contribution in [3.63, 3.8) is 0 Å². The fourth-order valence-electron chi connectivity index (χ4n) is 6.35. The molecule has 0 aromatic rings. The molecule has 10 heteroatoms. The third-order valence-corrected chi connectivity index (χ3v) is 9.81. The van der Waals surface area contributed by atoms with E-state index in [1.165, 1.54) is 77.0 Å². The minimum atomic E-state index is -1.59. The monoisotopic (exact) mass is 755 g/mol. The highest BCUT2D eigenvalue weighted by Gasteiger charge is 2.44. The van der Waals surface area contributed by atoms with Crippen LogP contribution in [-0.4, -0.2) is 89.0 Å². The van der Waals surface area contributed by atoms with Gasteiger partial charge in [0.05, 0.1) is 13.2 Å². The quantitative estimate of drug-likeness (QED) is 0.0281. The molecule has 2 unspecified atom stereocenters. The van der Waals surface area contributed by atoms with Crippen LogP contribution in [0.2, 0.25) is 0 Å². The van der Waals surface area contributed by atoms with Crippen molar-refractivity contribution in [1.82, 2.24) is 0 Å². The van der Waals surface area contributed by atoms with Gasteiger partial charge in [0.1, 0.15) is 31.0 Å². The number of rotatable bonds is 35. The molecule has 1 rings (SSSR count). The minimum Gasteiger partial charge on any atom is -0.462 e. The highest BCUT2D eigenvalue weighted by atomic mass is 16.7. The summed E-state index contributed by atoms with van der Waals surface area (Å²) >= 11 is 0. The van der Waals surface area contributed by atoms with Crippen LogP contribution in [0, 0.1) is 0 Å². The van der Waals surface area contributed by atoms with Gasteiger partial charge in [-0.2, -0.15) is 0 Å². The molecule has 6 atom stereocenters. The summed E-state index contributed by atoms with van der Waals surface area (Å²) in [5.41, 5.74) is 0. The predicted octanol–water partition coefficient (Wildman–Crippen LogP) is 8.55. The maximum atomic E-state index is 12.7. The van der Waals surface area contributed by atoms with E-state index in [0.717, 1.165) is 70.6 Å². The molecule has 53 heavy (non-hydrogen) atoms. The Morgan fingerprint density at radius 3 is 1.47 bits per heavy atom. The van der Waals surface area contributed by atoms with E-state index in [2.05, 4.69) is 38.2 Å². The zero-order valence-corrected chi connectivity index (χ0v) is 33.5. The fourth-order valence-corrected chi connectivity index (χ4v) is 6.35. The van der Waals surface area contributed by atoms with Gasteiger partial charge in [-0.1, -0.05) is 128 Å². The van der Waals surface area contributed by atoms with Crippen molar-refractivity contribution in [2.24, 2.45) is 0 Å². The number of hydrogen-bond acceptors (Lipinski definition) is 10. The molecule has 1 saturated heterocycles. The molecule has 4 N–H and O–H groups in total. The molecular weight excluding hydrogens is 676 g/mol. The van der Waals surface area contributed by atoms with Crippen LogP contribution in [-0.2, 0) is 28.5 Å². The van der Waals surface area contributed by atoms with Crippen LogP contribution in [0.3, 0.4) is 0 Å². The van der Waals surface area contributed by atoms with Crippen molar-refractivity contribution < 1.29 is 49.0 Å². The second-order valence-corrected chi connectivity index (χ2v) is 14.8. The second kappa shape index (κ2) is 34.7. The summed E-state index contributed by atoms with van der Waals surface area (Å²) in [5, 5.41) is 40.0. The predicted molar refractivity (Wildman–Crippen MR) is 210 cm³/mol. The molecule has 0 aromatic carbocycles. The summed E-state index contributed by atoms with van der Waals surface area (Å²) in [6.45, 7) is 3.38. The van der Waals surface area contributed by atoms with E-state index in [1.54, 1.807) is 0 Å². The van der Waals surface area contributed by atoms with Crippen molar-refractivity contribution in [2.45, 2.75) is 218 Å². The lowest BCUT2D eigenvalue weighted by Crippen LogP contribution is -2.59. The maximum Gasteiger partial charge on any atom is 0.306 e. The Balaban J connectivity index is 2.36. The number of aliphatic hydroxyl groups excluding tert-OH is 4. The van der Waals surface area contributed by atoms with Gasteiger partial charge in [-0.25, -0.2) is 0 Å². The molecule has 1 aliphatic rings. The third-order valence-electron chi connectivity index (χ3n) is 9.81. The van der Waals surface area contributed by atoms with Gasteiger partial charge >= 0.3 is 11.9 Å². The first-order valence-electron chi connectivity index (χ1n) is 21.4. The lowest BCUT2D eigenvalue weighted by atomic mass is 9.99. The van der Waals surface area contributed by atoms with E-state index >= 15 is 0 Å². The van der Waals surface area contributed by atoms with Crippen LogP contribution in [0.15, 0.2) is 24.3 Å². The van der Waals surface area contributed by atoms with Crippen molar-refractivity contribution in [3.8, 4) is 0 Å². The Labute approximate surface area is 322 Å². The van der Waals surface area contributed by atoms with Crippen molar-refractivity contribution in [2.75, 3.05) is 19.8 Å². The first-order valence-corrected chi connectivity index (χ1v) is 21.4. The normalized spacial score (nSPS) is 21.1. The summed E-state index contributed by atoms with van der Waals surface area (Å²) < 4.78 is 22.1. The van der Waals surface area contributed by atoms with Gasteiger partial charge in [0.15, 0.2) is 12.4 Å². The van der Waals surface area contributed by atoms with E-state index in [0.29, 0.717) is 6.42 Å². The van der Waals surface area contributed by atoms with E-state index < -0.39 is 49.4 Å². The molecule has 0 bridgehead atoms. The largest absolute Gasteiger partial charge is 0.462 e. The zero-order chi connectivity index (χ0) is 38.8. The molecular formula is C43H78O10. The molecule has 0 aliphatic carbocycles. The summed E-state index contributed by atoms with van der Waals surface area (Å²) in [6.07, 6.45) is 28.9. The molecule has 1 heterocycles. The number of ether oxygens (including phenoxy) is 4. The van der Waals surface area contributed by atoms with E-state index in [-0.39, 0.29) is 32.0 Å². The SMILES string of the molecule is CCCCCC/C=C/CCCCCCCCCC(=O)OC[C@@H](CO[C@H]1O[C@@H](CO)[C@@H](O)C(O)C1O)OC(=O)CCCCCCC/C=C/CCCCCC. The Hall–Kier alpha value is -1.82. The molecule has 1 aliphatic heterocycles. The van der Waals surface area contributed by atoms with Gasteiger partial charge < -0.3 is 39.4 Å². The molecule has 10 nitrogen and oxygen atoms in total. The van der Waals surface area contributed by atoms with Crippen LogP contribution >= 0.6 is 0 Å². The molecule has 0 saturated carbocycles. The minimum absolute atomic E-state index is 0.220. The lowest BCUT2D eigenvalue weighted by Gasteiger charge is -2.39. The zero-order valence-electron chi connectivity index (χ0n) is 33.5. The van der Waals surface area contributed by atoms with E-state index in [4.69, 9.17) is 18.9 Å². The number of esters is 2. The van der Waals surface area contributed by atoms with Crippen molar-refractivity contribution in [3.05, 3.63) is 24.3 Å². The lowest BCUT2D eigenvalue weighted by molar-refractivity contribution is -0.305. The summed E-state index contributed by atoms with van der Waals surface area (Å²) in [4.78, 5) is 25.2. The molecule has 310 valence electrons. The van der Waals surface area contributed by atoms with E-state index in [1.807, 2.05) is 0 Å². The molecule has 0 amide bonds. The van der Waals surface area contributed by atoms with Crippen LogP contribution in [0.25, 0.3) is 0 Å². The smallest absolute Gasteiger partial charge is 0.306 e.